The molecule has 0 saturated carbocycles. The number of nitrogens with zero attached hydrogens (tertiary/aromatic N) is 1. The highest BCUT2D eigenvalue weighted by atomic mass is 19.1. The second kappa shape index (κ2) is 6.38. The van der Waals surface area contributed by atoms with Crippen LogP contribution in [0.4, 0.5) is 15.8 Å². The lowest BCUT2D eigenvalue weighted by molar-refractivity contribution is 0.0698. The number of aromatic carboxylic acids is 1. The van der Waals surface area contributed by atoms with Crippen LogP contribution >= 0.6 is 0 Å². The number of benzene rings is 1. The van der Waals surface area contributed by atoms with Crippen molar-refractivity contribution in [2.24, 2.45) is 0 Å². The first-order valence-corrected chi connectivity index (χ1v) is 5.97. The lowest BCUT2D eigenvalue weighted by atomic mass is 10.1. The van der Waals surface area contributed by atoms with Crippen molar-refractivity contribution in [3.05, 3.63) is 23.5 Å². The summed E-state index contributed by atoms with van der Waals surface area (Å²) in [5.41, 5.74) is 5.39. The molecule has 6 heteroatoms. The van der Waals surface area contributed by atoms with E-state index < -0.39 is 11.8 Å². The number of carbonyl (C=O) groups is 1. The molecule has 0 spiro atoms. The molecule has 0 fully saturated rings. The third-order valence-corrected chi connectivity index (χ3v) is 2.85. The number of carboxylic acids is 1. The highest BCUT2D eigenvalue weighted by Crippen LogP contribution is 2.29. The average molecular weight is 270 g/mol. The number of anilines is 2. The van der Waals surface area contributed by atoms with E-state index in [1.54, 1.807) is 7.11 Å². The van der Waals surface area contributed by atoms with Crippen molar-refractivity contribution in [1.82, 2.24) is 0 Å². The molecule has 0 atom stereocenters. The highest BCUT2D eigenvalue weighted by Gasteiger charge is 2.22. The molecule has 1 rings (SSSR count). The lowest BCUT2D eigenvalue weighted by Gasteiger charge is -2.30. The van der Waals surface area contributed by atoms with Gasteiger partial charge in [0.2, 0.25) is 0 Å². The molecular formula is C13H19FN2O3. The largest absolute Gasteiger partial charge is 0.478 e. The molecule has 0 aliphatic heterocycles. The van der Waals surface area contributed by atoms with E-state index in [0.29, 0.717) is 18.8 Å². The number of halogens is 1. The van der Waals surface area contributed by atoms with Crippen LogP contribution in [0.15, 0.2) is 12.1 Å². The normalized spacial score (nSPS) is 10.8. The van der Waals surface area contributed by atoms with Gasteiger partial charge in [-0.2, -0.15) is 0 Å². The Bertz CT molecular complexity index is 463. The first kappa shape index (κ1) is 15.2. The summed E-state index contributed by atoms with van der Waals surface area (Å²) in [5, 5.41) is 9.22. The van der Waals surface area contributed by atoms with E-state index in [2.05, 4.69) is 0 Å². The second-order valence-corrected chi connectivity index (χ2v) is 4.44. The van der Waals surface area contributed by atoms with E-state index in [4.69, 9.17) is 10.5 Å². The molecule has 19 heavy (non-hydrogen) atoms. The van der Waals surface area contributed by atoms with E-state index in [9.17, 15) is 14.3 Å². The number of hydrogen-bond acceptors (Lipinski definition) is 4. The smallest absolute Gasteiger partial charge is 0.340 e. The molecule has 5 nitrogen and oxygen atoms in total. The summed E-state index contributed by atoms with van der Waals surface area (Å²) in [6.07, 6.45) is 0. The molecule has 0 bridgehead atoms. The Morgan fingerprint density at radius 2 is 2.16 bits per heavy atom. The second-order valence-electron chi connectivity index (χ2n) is 4.44. The van der Waals surface area contributed by atoms with Gasteiger partial charge in [0.1, 0.15) is 11.4 Å². The molecule has 0 aliphatic rings. The minimum Gasteiger partial charge on any atom is -0.478 e. The molecule has 3 N–H and O–H groups in total. The maximum atomic E-state index is 13.4. The summed E-state index contributed by atoms with van der Waals surface area (Å²) in [6, 6.07) is 2.66. The fraction of sp³-hybridized carbons (Fsp3) is 0.462. The third kappa shape index (κ3) is 3.35. The average Bonchev–Trinajstić information content (AvgIpc) is 2.33. The van der Waals surface area contributed by atoms with Crippen molar-refractivity contribution < 1.29 is 19.0 Å². The van der Waals surface area contributed by atoms with Crippen molar-refractivity contribution in [1.29, 1.82) is 0 Å². The van der Waals surface area contributed by atoms with Gasteiger partial charge in [-0.15, -0.1) is 0 Å². The minimum absolute atomic E-state index is 0.0399. The number of nitrogen functional groups attached to an aromatic ring is 1. The predicted molar refractivity (Wildman–Crippen MR) is 72.1 cm³/mol. The number of nitrogens with two attached hydrogens (primary N) is 1. The molecule has 0 aromatic heterocycles. The fourth-order valence-electron chi connectivity index (χ4n) is 1.89. The van der Waals surface area contributed by atoms with E-state index >= 15 is 0 Å². The van der Waals surface area contributed by atoms with Gasteiger partial charge in [-0.05, 0) is 26.0 Å². The SMILES string of the molecule is COCCN(c1ccc(F)c(N)c1C(=O)O)C(C)C. The van der Waals surface area contributed by atoms with Gasteiger partial charge in [0.25, 0.3) is 0 Å². The van der Waals surface area contributed by atoms with E-state index in [0.717, 1.165) is 0 Å². The third-order valence-electron chi connectivity index (χ3n) is 2.85. The van der Waals surface area contributed by atoms with Crippen molar-refractivity contribution >= 4 is 17.3 Å². The number of carboxylic acid groups (broad SMARTS) is 1. The van der Waals surface area contributed by atoms with E-state index in [1.165, 1.54) is 12.1 Å². The van der Waals surface area contributed by atoms with Crippen molar-refractivity contribution in [2.75, 3.05) is 30.9 Å². The van der Waals surface area contributed by atoms with Gasteiger partial charge in [-0.3, -0.25) is 0 Å². The maximum absolute atomic E-state index is 13.4. The molecular weight excluding hydrogens is 251 g/mol. The summed E-state index contributed by atoms with van der Waals surface area (Å²) in [7, 11) is 1.57. The number of hydrogen-bond donors (Lipinski definition) is 2. The zero-order chi connectivity index (χ0) is 14.6. The van der Waals surface area contributed by atoms with Crippen LogP contribution in [0, 0.1) is 5.82 Å². The Labute approximate surface area is 111 Å². The van der Waals surface area contributed by atoms with Gasteiger partial charge < -0.3 is 20.5 Å². The Hall–Kier alpha value is -1.82. The summed E-state index contributed by atoms with van der Waals surface area (Å²) in [5.74, 6) is -1.97. The Kier molecular flexibility index (Phi) is 5.11. The topological polar surface area (TPSA) is 75.8 Å². The standard InChI is InChI=1S/C13H19FN2O3/c1-8(2)16(6-7-19-3)10-5-4-9(14)12(15)11(10)13(17)18/h4-5,8H,6-7,15H2,1-3H3,(H,17,18). The number of methoxy groups -OCH3 is 1. The van der Waals surface area contributed by atoms with Crippen LogP contribution in [0.1, 0.15) is 24.2 Å². The Balaban J connectivity index is 3.30. The fourth-order valence-corrected chi connectivity index (χ4v) is 1.89. The molecule has 1 aromatic carbocycles. The molecule has 1 aromatic rings. The number of rotatable bonds is 6. The van der Waals surface area contributed by atoms with Gasteiger partial charge >= 0.3 is 5.97 Å². The van der Waals surface area contributed by atoms with Crippen LogP contribution in [-0.4, -0.2) is 37.4 Å². The lowest BCUT2D eigenvalue weighted by Crippen LogP contribution is -2.35. The summed E-state index contributed by atoms with van der Waals surface area (Å²) < 4.78 is 18.4. The molecule has 0 heterocycles. The van der Waals surface area contributed by atoms with Crippen molar-refractivity contribution in [3.8, 4) is 0 Å². The predicted octanol–water partition coefficient (Wildman–Crippen LogP) is 1.97. The quantitative estimate of drug-likeness (QED) is 0.773. The first-order chi connectivity index (χ1) is 8.90. The zero-order valence-corrected chi connectivity index (χ0v) is 11.3. The Morgan fingerprint density at radius 3 is 2.63 bits per heavy atom. The van der Waals surface area contributed by atoms with Gasteiger partial charge in [0.05, 0.1) is 18.0 Å². The minimum atomic E-state index is -1.24. The van der Waals surface area contributed by atoms with Gasteiger partial charge in [0, 0.05) is 19.7 Å². The molecule has 0 aliphatic carbocycles. The molecule has 106 valence electrons. The van der Waals surface area contributed by atoms with Crippen LogP contribution in [-0.2, 0) is 4.74 Å². The van der Waals surface area contributed by atoms with E-state index in [1.807, 2.05) is 18.7 Å². The molecule has 0 amide bonds. The summed E-state index contributed by atoms with van der Waals surface area (Å²) in [6.45, 7) is 4.77. The zero-order valence-electron chi connectivity index (χ0n) is 11.3. The van der Waals surface area contributed by atoms with Crippen LogP contribution in [0.5, 0.6) is 0 Å². The van der Waals surface area contributed by atoms with Gasteiger partial charge in [0.15, 0.2) is 0 Å². The van der Waals surface area contributed by atoms with Crippen LogP contribution < -0.4 is 10.6 Å². The van der Waals surface area contributed by atoms with E-state index in [-0.39, 0.29) is 17.3 Å². The summed E-state index contributed by atoms with van der Waals surface area (Å²) >= 11 is 0. The summed E-state index contributed by atoms with van der Waals surface area (Å²) in [4.78, 5) is 13.1. The molecule has 0 unspecified atom stereocenters. The Morgan fingerprint density at radius 1 is 1.53 bits per heavy atom. The van der Waals surface area contributed by atoms with Crippen LogP contribution in [0.25, 0.3) is 0 Å². The number of ether oxygens (including phenoxy) is 1. The highest BCUT2D eigenvalue weighted by molar-refractivity contribution is 6.00. The van der Waals surface area contributed by atoms with Crippen molar-refractivity contribution in [3.63, 3.8) is 0 Å². The van der Waals surface area contributed by atoms with Crippen LogP contribution in [0.3, 0.4) is 0 Å². The van der Waals surface area contributed by atoms with Crippen LogP contribution in [0.2, 0.25) is 0 Å². The van der Waals surface area contributed by atoms with Crippen molar-refractivity contribution in [2.45, 2.75) is 19.9 Å². The van der Waals surface area contributed by atoms with Gasteiger partial charge in [-0.25, -0.2) is 9.18 Å². The molecule has 0 saturated heterocycles. The monoisotopic (exact) mass is 270 g/mol. The molecule has 0 radical (unpaired) electrons. The first-order valence-electron chi connectivity index (χ1n) is 5.97. The van der Waals surface area contributed by atoms with Gasteiger partial charge in [-0.1, -0.05) is 0 Å². The maximum Gasteiger partial charge on any atom is 0.340 e.